The second-order valence-corrected chi connectivity index (χ2v) is 5.38. The summed E-state index contributed by atoms with van der Waals surface area (Å²) in [5.41, 5.74) is 1.48. The molecule has 0 radical (unpaired) electrons. The fourth-order valence-corrected chi connectivity index (χ4v) is 2.37. The SMILES string of the molecule is Cc1cc(CNC(=O)CSc2ccncc2)ccc1F. The molecule has 3 nitrogen and oxygen atoms in total. The molecule has 0 unspecified atom stereocenters. The Hall–Kier alpha value is -1.88. The third-order valence-electron chi connectivity index (χ3n) is 2.73. The zero-order chi connectivity index (χ0) is 14.4. The summed E-state index contributed by atoms with van der Waals surface area (Å²) in [6.45, 7) is 2.12. The van der Waals surface area contributed by atoms with Crippen LogP contribution in [0.1, 0.15) is 11.1 Å². The smallest absolute Gasteiger partial charge is 0.230 e. The lowest BCUT2D eigenvalue weighted by molar-refractivity contribution is -0.118. The molecule has 20 heavy (non-hydrogen) atoms. The molecule has 1 N–H and O–H groups in total. The maximum absolute atomic E-state index is 13.1. The maximum Gasteiger partial charge on any atom is 0.230 e. The first-order valence-corrected chi connectivity index (χ1v) is 7.18. The summed E-state index contributed by atoms with van der Waals surface area (Å²) < 4.78 is 13.1. The van der Waals surface area contributed by atoms with E-state index in [9.17, 15) is 9.18 Å². The average Bonchev–Trinajstić information content (AvgIpc) is 2.47. The third kappa shape index (κ3) is 4.35. The van der Waals surface area contributed by atoms with Crippen molar-refractivity contribution in [3.05, 3.63) is 59.7 Å². The van der Waals surface area contributed by atoms with Crippen molar-refractivity contribution < 1.29 is 9.18 Å². The van der Waals surface area contributed by atoms with Gasteiger partial charge in [0.15, 0.2) is 0 Å². The van der Waals surface area contributed by atoms with Crippen molar-refractivity contribution >= 4 is 17.7 Å². The van der Waals surface area contributed by atoms with Crippen LogP contribution in [0.4, 0.5) is 4.39 Å². The first-order chi connectivity index (χ1) is 9.65. The van der Waals surface area contributed by atoms with Crippen molar-refractivity contribution in [3.63, 3.8) is 0 Å². The number of nitrogens with zero attached hydrogens (tertiary/aromatic N) is 1. The lowest BCUT2D eigenvalue weighted by Crippen LogP contribution is -2.24. The van der Waals surface area contributed by atoms with Gasteiger partial charge in [0.25, 0.3) is 0 Å². The van der Waals surface area contributed by atoms with Crippen LogP contribution in [-0.2, 0) is 11.3 Å². The van der Waals surface area contributed by atoms with Gasteiger partial charge in [0.1, 0.15) is 5.82 Å². The van der Waals surface area contributed by atoms with Crippen molar-refractivity contribution in [2.75, 3.05) is 5.75 Å². The van der Waals surface area contributed by atoms with Gasteiger partial charge in [-0.3, -0.25) is 9.78 Å². The highest BCUT2D eigenvalue weighted by molar-refractivity contribution is 8.00. The fourth-order valence-electron chi connectivity index (χ4n) is 1.65. The van der Waals surface area contributed by atoms with Crippen LogP contribution in [0.5, 0.6) is 0 Å². The molecule has 1 amide bonds. The molecule has 0 aliphatic carbocycles. The topological polar surface area (TPSA) is 42.0 Å². The number of aryl methyl sites for hydroxylation is 1. The molecule has 0 aliphatic heterocycles. The largest absolute Gasteiger partial charge is 0.351 e. The Morgan fingerprint density at radius 1 is 1.30 bits per heavy atom. The number of carbonyl (C=O) groups excluding carboxylic acids is 1. The number of pyridine rings is 1. The maximum atomic E-state index is 13.1. The first kappa shape index (κ1) is 14.5. The minimum atomic E-state index is -0.228. The summed E-state index contributed by atoms with van der Waals surface area (Å²) in [5, 5.41) is 2.82. The summed E-state index contributed by atoms with van der Waals surface area (Å²) in [6.07, 6.45) is 3.39. The highest BCUT2D eigenvalue weighted by atomic mass is 32.2. The molecule has 0 fully saturated rings. The summed E-state index contributed by atoms with van der Waals surface area (Å²) in [4.78, 5) is 16.6. The number of carbonyl (C=O) groups is 1. The molecule has 2 aromatic rings. The third-order valence-corrected chi connectivity index (χ3v) is 3.74. The fraction of sp³-hybridized carbons (Fsp3) is 0.200. The monoisotopic (exact) mass is 290 g/mol. The summed E-state index contributed by atoms with van der Waals surface area (Å²) in [6, 6.07) is 8.56. The number of hydrogen-bond acceptors (Lipinski definition) is 3. The molecule has 2 rings (SSSR count). The Balaban J connectivity index is 1.79. The van der Waals surface area contributed by atoms with Crippen LogP contribution in [-0.4, -0.2) is 16.6 Å². The van der Waals surface area contributed by atoms with Gasteiger partial charge in [-0.05, 0) is 36.2 Å². The van der Waals surface area contributed by atoms with Crippen molar-refractivity contribution in [3.8, 4) is 0 Å². The van der Waals surface area contributed by atoms with Gasteiger partial charge < -0.3 is 5.32 Å². The number of aromatic nitrogens is 1. The number of hydrogen-bond donors (Lipinski definition) is 1. The molecule has 0 atom stereocenters. The molecule has 104 valence electrons. The van der Waals surface area contributed by atoms with Gasteiger partial charge >= 0.3 is 0 Å². The second kappa shape index (κ2) is 7.05. The number of halogens is 1. The van der Waals surface area contributed by atoms with Crippen LogP contribution in [0.25, 0.3) is 0 Å². The zero-order valence-corrected chi connectivity index (χ0v) is 11.9. The van der Waals surface area contributed by atoms with Gasteiger partial charge in [0.2, 0.25) is 5.91 Å². The van der Waals surface area contributed by atoms with Gasteiger partial charge in [-0.2, -0.15) is 0 Å². The van der Waals surface area contributed by atoms with Crippen LogP contribution in [0.15, 0.2) is 47.6 Å². The van der Waals surface area contributed by atoms with E-state index < -0.39 is 0 Å². The van der Waals surface area contributed by atoms with Crippen molar-refractivity contribution in [2.24, 2.45) is 0 Å². The molecular weight excluding hydrogens is 275 g/mol. The Morgan fingerprint density at radius 2 is 2.05 bits per heavy atom. The van der Waals surface area contributed by atoms with Gasteiger partial charge in [0, 0.05) is 23.8 Å². The number of nitrogens with one attached hydrogen (secondary N) is 1. The number of rotatable bonds is 5. The standard InChI is InChI=1S/C15H15FN2OS/c1-11-8-12(2-3-14(11)16)9-18-15(19)10-20-13-4-6-17-7-5-13/h2-8H,9-10H2,1H3,(H,18,19). The van der Waals surface area contributed by atoms with Crippen molar-refractivity contribution in [1.82, 2.24) is 10.3 Å². The van der Waals surface area contributed by atoms with Crippen LogP contribution in [0, 0.1) is 12.7 Å². The van der Waals surface area contributed by atoms with E-state index in [0.717, 1.165) is 10.5 Å². The van der Waals surface area contributed by atoms with Gasteiger partial charge in [-0.25, -0.2) is 4.39 Å². The summed E-state index contributed by atoms with van der Waals surface area (Å²) in [5.74, 6) is 0.0756. The average molecular weight is 290 g/mol. The summed E-state index contributed by atoms with van der Waals surface area (Å²) >= 11 is 1.46. The van der Waals surface area contributed by atoms with E-state index in [1.54, 1.807) is 31.5 Å². The lowest BCUT2D eigenvalue weighted by Gasteiger charge is -2.06. The molecule has 0 bridgehead atoms. The van der Waals surface area contributed by atoms with Gasteiger partial charge in [-0.1, -0.05) is 12.1 Å². The number of thioether (sulfide) groups is 1. The van der Waals surface area contributed by atoms with Gasteiger partial charge in [0.05, 0.1) is 5.75 Å². The molecule has 0 saturated heterocycles. The number of amides is 1. The minimum Gasteiger partial charge on any atom is -0.351 e. The molecule has 1 aromatic carbocycles. The Morgan fingerprint density at radius 3 is 2.75 bits per heavy atom. The van der Waals surface area contributed by atoms with E-state index in [1.165, 1.54) is 17.8 Å². The highest BCUT2D eigenvalue weighted by Crippen LogP contribution is 2.15. The van der Waals surface area contributed by atoms with Gasteiger partial charge in [-0.15, -0.1) is 11.8 Å². The second-order valence-electron chi connectivity index (χ2n) is 4.33. The van der Waals surface area contributed by atoms with Crippen LogP contribution in [0.3, 0.4) is 0 Å². The predicted molar refractivity (Wildman–Crippen MR) is 77.9 cm³/mol. The minimum absolute atomic E-state index is 0.0474. The molecule has 1 aromatic heterocycles. The van der Waals surface area contributed by atoms with Crippen LogP contribution < -0.4 is 5.32 Å². The quantitative estimate of drug-likeness (QED) is 0.861. The Labute approximate surface area is 121 Å². The molecule has 5 heteroatoms. The van der Waals surface area contributed by atoms with Crippen molar-refractivity contribution in [2.45, 2.75) is 18.4 Å². The Kier molecular flexibility index (Phi) is 5.12. The highest BCUT2D eigenvalue weighted by Gasteiger charge is 2.04. The van der Waals surface area contributed by atoms with E-state index in [2.05, 4.69) is 10.3 Å². The number of benzene rings is 1. The predicted octanol–water partition coefficient (Wildman–Crippen LogP) is 2.94. The van der Waals surface area contributed by atoms with Crippen LogP contribution >= 0.6 is 11.8 Å². The Bertz CT molecular complexity index is 590. The molecule has 0 spiro atoms. The molecule has 0 aliphatic rings. The molecule has 1 heterocycles. The van der Waals surface area contributed by atoms with E-state index in [1.807, 2.05) is 12.1 Å². The van der Waals surface area contributed by atoms with E-state index in [0.29, 0.717) is 17.9 Å². The summed E-state index contributed by atoms with van der Waals surface area (Å²) in [7, 11) is 0. The first-order valence-electron chi connectivity index (χ1n) is 6.20. The molecular formula is C15H15FN2OS. The van der Waals surface area contributed by atoms with E-state index in [4.69, 9.17) is 0 Å². The van der Waals surface area contributed by atoms with E-state index in [-0.39, 0.29) is 11.7 Å². The van der Waals surface area contributed by atoms with E-state index >= 15 is 0 Å². The van der Waals surface area contributed by atoms with Crippen LogP contribution in [0.2, 0.25) is 0 Å². The zero-order valence-electron chi connectivity index (χ0n) is 11.1. The lowest BCUT2D eigenvalue weighted by atomic mass is 10.1. The van der Waals surface area contributed by atoms with Crippen molar-refractivity contribution in [1.29, 1.82) is 0 Å². The molecule has 0 saturated carbocycles. The normalized spacial score (nSPS) is 10.3.